The van der Waals surface area contributed by atoms with E-state index < -0.39 is 18.5 Å². The molecule has 0 fully saturated rings. The van der Waals surface area contributed by atoms with E-state index >= 15 is 0 Å². The van der Waals surface area contributed by atoms with Crippen LogP contribution in [0.2, 0.25) is 0 Å². The Morgan fingerprint density at radius 2 is 1.52 bits per heavy atom. The minimum atomic E-state index is -0.705. The van der Waals surface area contributed by atoms with Gasteiger partial charge in [0, 0.05) is 5.69 Å². The number of hydrogen-bond donors (Lipinski definition) is 1. The molecule has 7 nitrogen and oxygen atoms in total. The summed E-state index contributed by atoms with van der Waals surface area (Å²) in [4.78, 5) is 24.5. The summed E-state index contributed by atoms with van der Waals surface area (Å²) < 4.78 is 20.8. The Balaban J connectivity index is 2.08. The molecule has 144 valence electrons. The number of anilines is 1. The Labute approximate surface area is 158 Å². The van der Waals surface area contributed by atoms with Gasteiger partial charge >= 0.3 is 5.97 Å². The van der Waals surface area contributed by atoms with Crippen LogP contribution in [0.4, 0.5) is 5.69 Å². The molecule has 0 spiro atoms. The summed E-state index contributed by atoms with van der Waals surface area (Å²) in [6, 6.07) is 8.73. The van der Waals surface area contributed by atoms with Crippen molar-refractivity contribution < 1.29 is 28.5 Å². The first-order valence-electron chi connectivity index (χ1n) is 8.23. The number of methoxy groups -OCH3 is 3. The molecule has 0 aliphatic heterocycles. The molecule has 2 aromatic rings. The Hall–Kier alpha value is -3.22. The number of carbonyl (C=O) groups is 2. The molecule has 0 aromatic heterocycles. The third kappa shape index (κ3) is 4.91. The highest BCUT2D eigenvalue weighted by molar-refractivity contribution is 5.97. The number of amides is 1. The van der Waals surface area contributed by atoms with Gasteiger partial charge in [-0.05, 0) is 49.2 Å². The zero-order valence-corrected chi connectivity index (χ0v) is 16.0. The lowest BCUT2D eigenvalue weighted by atomic mass is 10.1. The summed E-state index contributed by atoms with van der Waals surface area (Å²) in [5.41, 5.74) is 2.83. The SMILES string of the molecule is COc1ccc(C(=O)OCC(=O)Nc2cc(C)cc(C)c2)c(OC)c1OC. The molecule has 27 heavy (non-hydrogen) atoms. The van der Waals surface area contributed by atoms with E-state index in [1.54, 1.807) is 6.07 Å². The molecule has 1 amide bonds. The van der Waals surface area contributed by atoms with Crippen LogP contribution in [0, 0.1) is 13.8 Å². The Morgan fingerprint density at radius 3 is 2.07 bits per heavy atom. The summed E-state index contributed by atoms with van der Waals surface area (Å²) >= 11 is 0. The van der Waals surface area contributed by atoms with E-state index in [-0.39, 0.29) is 17.1 Å². The van der Waals surface area contributed by atoms with Crippen LogP contribution in [0.3, 0.4) is 0 Å². The highest BCUT2D eigenvalue weighted by atomic mass is 16.5. The van der Waals surface area contributed by atoms with Gasteiger partial charge in [0.2, 0.25) is 5.75 Å². The van der Waals surface area contributed by atoms with Crippen molar-refractivity contribution in [3.63, 3.8) is 0 Å². The molecule has 0 heterocycles. The molecule has 2 aromatic carbocycles. The molecule has 0 unspecified atom stereocenters. The number of rotatable bonds is 7. The average Bonchev–Trinajstić information content (AvgIpc) is 2.63. The number of aryl methyl sites for hydroxylation is 2. The van der Waals surface area contributed by atoms with E-state index in [0.29, 0.717) is 11.4 Å². The van der Waals surface area contributed by atoms with Crippen molar-refractivity contribution >= 4 is 17.6 Å². The van der Waals surface area contributed by atoms with Crippen molar-refractivity contribution in [2.45, 2.75) is 13.8 Å². The summed E-state index contributed by atoms with van der Waals surface area (Å²) in [7, 11) is 4.32. The fourth-order valence-corrected chi connectivity index (χ4v) is 2.71. The first-order valence-corrected chi connectivity index (χ1v) is 8.23. The highest BCUT2D eigenvalue weighted by Crippen LogP contribution is 2.39. The second kappa shape index (κ2) is 8.93. The van der Waals surface area contributed by atoms with Crippen LogP contribution in [0.15, 0.2) is 30.3 Å². The lowest BCUT2D eigenvalue weighted by Crippen LogP contribution is -2.21. The molecule has 0 aliphatic carbocycles. The molecule has 2 rings (SSSR count). The third-order valence-corrected chi connectivity index (χ3v) is 3.76. The lowest BCUT2D eigenvalue weighted by molar-refractivity contribution is -0.119. The third-order valence-electron chi connectivity index (χ3n) is 3.76. The number of benzene rings is 2. The highest BCUT2D eigenvalue weighted by Gasteiger charge is 2.22. The van der Waals surface area contributed by atoms with Gasteiger partial charge < -0.3 is 24.3 Å². The summed E-state index contributed by atoms with van der Waals surface area (Å²) in [6.45, 7) is 3.45. The molecule has 0 saturated heterocycles. The van der Waals surface area contributed by atoms with Gasteiger partial charge in [-0.1, -0.05) is 6.07 Å². The van der Waals surface area contributed by atoms with E-state index in [4.69, 9.17) is 18.9 Å². The van der Waals surface area contributed by atoms with E-state index in [1.165, 1.54) is 27.4 Å². The minimum Gasteiger partial charge on any atom is -0.493 e. The van der Waals surface area contributed by atoms with Gasteiger partial charge in [-0.25, -0.2) is 4.79 Å². The number of esters is 1. The van der Waals surface area contributed by atoms with Crippen molar-refractivity contribution in [2.24, 2.45) is 0 Å². The zero-order valence-electron chi connectivity index (χ0n) is 16.0. The zero-order chi connectivity index (χ0) is 20.0. The van der Waals surface area contributed by atoms with Crippen LogP contribution in [0.5, 0.6) is 17.2 Å². The van der Waals surface area contributed by atoms with Crippen LogP contribution >= 0.6 is 0 Å². The average molecular weight is 373 g/mol. The monoisotopic (exact) mass is 373 g/mol. The quantitative estimate of drug-likeness (QED) is 0.751. The Morgan fingerprint density at radius 1 is 0.889 bits per heavy atom. The number of hydrogen-bond acceptors (Lipinski definition) is 6. The first-order chi connectivity index (χ1) is 12.9. The molecular weight excluding hydrogens is 350 g/mol. The molecule has 0 bridgehead atoms. The van der Waals surface area contributed by atoms with Gasteiger partial charge in [-0.2, -0.15) is 0 Å². The number of nitrogens with one attached hydrogen (secondary N) is 1. The maximum absolute atomic E-state index is 12.4. The van der Waals surface area contributed by atoms with Crippen LogP contribution in [-0.4, -0.2) is 39.8 Å². The lowest BCUT2D eigenvalue weighted by Gasteiger charge is -2.15. The maximum Gasteiger partial charge on any atom is 0.342 e. The largest absolute Gasteiger partial charge is 0.493 e. The molecule has 0 saturated carbocycles. The van der Waals surface area contributed by atoms with Crippen molar-refractivity contribution in [2.75, 3.05) is 33.3 Å². The topological polar surface area (TPSA) is 83.1 Å². The molecule has 7 heteroatoms. The van der Waals surface area contributed by atoms with Crippen LogP contribution in [-0.2, 0) is 9.53 Å². The Kier molecular flexibility index (Phi) is 6.65. The van der Waals surface area contributed by atoms with Crippen molar-refractivity contribution in [3.05, 3.63) is 47.0 Å². The van der Waals surface area contributed by atoms with Gasteiger partial charge in [0.05, 0.1) is 21.3 Å². The standard InChI is InChI=1S/C20H23NO6/c1-12-8-13(2)10-14(9-12)21-17(22)11-27-20(23)15-6-7-16(24-3)19(26-5)18(15)25-4/h6-10H,11H2,1-5H3,(H,21,22). The van der Waals surface area contributed by atoms with Crippen molar-refractivity contribution in [3.8, 4) is 17.2 Å². The van der Waals surface area contributed by atoms with Crippen molar-refractivity contribution in [1.82, 2.24) is 0 Å². The van der Waals surface area contributed by atoms with Crippen LogP contribution < -0.4 is 19.5 Å². The molecule has 0 radical (unpaired) electrons. The summed E-state index contributed by atoms with van der Waals surface area (Å²) in [6.07, 6.45) is 0. The van der Waals surface area contributed by atoms with Crippen LogP contribution in [0.1, 0.15) is 21.5 Å². The van der Waals surface area contributed by atoms with E-state index in [2.05, 4.69) is 5.32 Å². The van der Waals surface area contributed by atoms with Crippen LogP contribution in [0.25, 0.3) is 0 Å². The minimum absolute atomic E-state index is 0.134. The fourth-order valence-electron chi connectivity index (χ4n) is 2.71. The van der Waals surface area contributed by atoms with E-state index in [9.17, 15) is 9.59 Å². The van der Waals surface area contributed by atoms with E-state index in [1.807, 2.05) is 32.0 Å². The maximum atomic E-state index is 12.4. The molecule has 1 N–H and O–H groups in total. The smallest absolute Gasteiger partial charge is 0.342 e. The number of carbonyl (C=O) groups excluding carboxylic acids is 2. The Bertz CT molecular complexity index is 826. The second-order valence-corrected chi connectivity index (χ2v) is 5.88. The molecule has 0 atom stereocenters. The van der Waals surface area contributed by atoms with Gasteiger partial charge in [-0.3, -0.25) is 4.79 Å². The summed E-state index contributed by atoms with van der Waals surface area (Å²) in [5, 5.41) is 2.71. The van der Waals surface area contributed by atoms with E-state index in [0.717, 1.165) is 11.1 Å². The molecular formula is C20H23NO6. The van der Waals surface area contributed by atoms with Gasteiger partial charge in [0.1, 0.15) is 5.56 Å². The van der Waals surface area contributed by atoms with Gasteiger partial charge in [0.25, 0.3) is 5.91 Å². The second-order valence-electron chi connectivity index (χ2n) is 5.88. The van der Waals surface area contributed by atoms with Gasteiger partial charge in [0.15, 0.2) is 18.1 Å². The normalized spacial score (nSPS) is 10.1. The van der Waals surface area contributed by atoms with Crippen molar-refractivity contribution in [1.29, 1.82) is 0 Å². The predicted molar refractivity (Wildman–Crippen MR) is 101 cm³/mol. The number of ether oxygens (including phenoxy) is 4. The molecule has 0 aliphatic rings. The summed E-state index contributed by atoms with van der Waals surface area (Å²) in [5.74, 6) is -0.277. The fraction of sp³-hybridized carbons (Fsp3) is 0.300. The first kappa shape index (κ1) is 20.1. The van der Waals surface area contributed by atoms with Gasteiger partial charge in [-0.15, -0.1) is 0 Å². The predicted octanol–water partition coefficient (Wildman–Crippen LogP) is 3.12.